The van der Waals surface area contributed by atoms with Crippen molar-refractivity contribution in [2.24, 2.45) is 0 Å². The molecular weight excluding hydrogens is 474 g/mol. The van der Waals surface area contributed by atoms with Crippen LogP contribution >= 0.6 is 11.3 Å². The van der Waals surface area contributed by atoms with Crippen molar-refractivity contribution in [3.05, 3.63) is 101 Å². The second kappa shape index (κ2) is 9.93. The fourth-order valence-corrected chi connectivity index (χ4v) is 4.44. The molecule has 0 unspecified atom stereocenters. The molecule has 0 atom stereocenters. The van der Waals surface area contributed by atoms with Crippen LogP contribution in [0.4, 0.5) is 0 Å². The maximum absolute atomic E-state index is 12.6. The minimum Gasteiger partial charge on any atom is -0.416 e. The van der Waals surface area contributed by atoms with Gasteiger partial charge in [0.2, 0.25) is 11.8 Å². The molecule has 0 spiro atoms. The van der Waals surface area contributed by atoms with E-state index < -0.39 is 11.8 Å². The lowest BCUT2D eigenvalue weighted by Gasteiger charge is -2.07. The molecule has 3 aromatic carbocycles. The molecule has 2 heterocycles. The van der Waals surface area contributed by atoms with Crippen molar-refractivity contribution in [2.75, 3.05) is 0 Å². The van der Waals surface area contributed by atoms with Crippen molar-refractivity contribution in [1.29, 1.82) is 0 Å². The number of nitrogens with zero attached hydrogens (tertiary/aromatic N) is 3. The first-order valence-corrected chi connectivity index (χ1v) is 11.9. The van der Waals surface area contributed by atoms with E-state index in [2.05, 4.69) is 26.0 Å². The van der Waals surface area contributed by atoms with Gasteiger partial charge in [0.05, 0.1) is 5.69 Å². The van der Waals surface area contributed by atoms with Crippen LogP contribution in [0.3, 0.4) is 0 Å². The zero-order valence-corrected chi connectivity index (χ0v) is 20.3. The molecule has 0 aliphatic rings. The average Bonchev–Trinajstić information content (AvgIpc) is 3.56. The topological polar surface area (TPSA) is 110 Å². The largest absolute Gasteiger partial charge is 0.416 e. The van der Waals surface area contributed by atoms with E-state index in [-0.39, 0.29) is 0 Å². The van der Waals surface area contributed by atoms with Crippen molar-refractivity contribution in [1.82, 2.24) is 26.0 Å². The Balaban J connectivity index is 1.22. The van der Waals surface area contributed by atoms with E-state index >= 15 is 0 Å². The fraction of sp³-hybridized carbons (Fsp3) is 0.0741. The number of hydrogen-bond donors (Lipinski definition) is 2. The zero-order chi connectivity index (χ0) is 25.1. The van der Waals surface area contributed by atoms with E-state index in [4.69, 9.17) is 4.42 Å². The maximum Gasteiger partial charge on any atom is 0.281 e. The third-order valence-corrected chi connectivity index (χ3v) is 6.64. The summed E-state index contributed by atoms with van der Waals surface area (Å²) in [6.45, 7) is 3.77. The molecule has 2 amide bonds. The molecule has 178 valence electrons. The quantitative estimate of drug-likeness (QED) is 0.324. The van der Waals surface area contributed by atoms with Crippen LogP contribution in [0.2, 0.25) is 0 Å². The van der Waals surface area contributed by atoms with Crippen molar-refractivity contribution < 1.29 is 14.0 Å². The van der Waals surface area contributed by atoms with Crippen LogP contribution in [0.25, 0.3) is 33.5 Å². The van der Waals surface area contributed by atoms with Gasteiger partial charge in [-0.25, -0.2) is 4.98 Å². The highest BCUT2D eigenvalue weighted by Gasteiger charge is 2.17. The van der Waals surface area contributed by atoms with Crippen LogP contribution < -0.4 is 10.9 Å². The van der Waals surface area contributed by atoms with Crippen molar-refractivity contribution >= 4 is 23.2 Å². The van der Waals surface area contributed by atoms with Gasteiger partial charge in [0.15, 0.2) is 0 Å². The molecule has 9 heteroatoms. The number of thiazole rings is 1. The second-order valence-corrected chi connectivity index (χ2v) is 9.06. The Bertz CT molecular complexity index is 1520. The van der Waals surface area contributed by atoms with E-state index in [1.165, 1.54) is 11.3 Å². The maximum atomic E-state index is 12.6. The van der Waals surface area contributed by atoms with Crippen molar-refractivity contribution in [3.63, 3.8) is 0 Å². The minimum absolute atomic E-state index is 0.348. The Hall–Kier alpha value is -4.63. The molecule has 8 nitrogen and oxygen atoms in total. The Morgan fingerprint density at radius 3 is 1.94 bits per heavy atom. The first-order valence-electron chi connectivity index (χ1n) is 11.1. The lowest BCUT2D eigenvalue weighted by Crippen LogP contribution is -2.41. The number of benzene rings is 3. The highest BCUT2D eigenvalue weighted by Crippen LogP contribution is 2.28. The summed E-state index contributed by atoms with van der Waals surface area (Å²) in [5.74, 6) is -0.109. The molecule has 0 bridgehead atoms. The smallest absolute Gasteiger partial charge is 0.281 e. The highest BCUT2D eigenvalue weighted by molar-refractivity contribution is 7.17. The van der Waals surface area contributed by atoms with E-state index in [1.807, 2.05) is 61.5 Å². The third kappa shape index (κ3) is 4.91. The molecular formula is C27H21N5O3S. The molecule has 0 saturated carbocycles. The first-order chi connectivity index (χ1) is 17.5. The number of carbonyl (C=O) groups excluding carboxylic acids is 2. The molecule has 0 radical (unpaired) electrons. The molecule has 0 saturated heterocycles. The number of rotatable bonds is 5. The van der Waals surface area contributed by atoms with Crippen LogP contribution in [0.5, 0.6) is 0 Å². The van der Waals surface area contributed by atoms with Gasteiger partial charge < -0.3 is 4.42 Å². The Labute approximate surface area is 211 Å². The molecule has 0 aliphatic heterocycles. The summed E-state index contributed by atoms with van der Waals surface area (Å²) >= 11 is 1.27. The summed E-state index contributed by atoms with van der Waals surface area (Å²) in [7, 11) is 0. The summed E-state index contributed by atoms with van der Waals surface area (Å²) in [5.41, 5.74) is 9.46. The van der Waals surface area contributed by atoms with Crippen LogP contribution in [-0.2, 0) is 0 Å². The van der Waals surface area contributed by atoms with Crippen molar-refractivity contribution in [3.8, 4) is 33.5 Å². The normalized spacial score (nSPS) is 10.7. The summed E-state index contributed by atoms with van der Waals surface area (Å²) in [5, 5.41) is 8.96. The predicted octanol–water partition coefficient (Wildman–Crippen LogP) is 5.22. The van der Waals surface area contributed by atoms with E-state index in [9.17, 15) is 9.59 Å². The van der Waals surface area contributed by atoms with Crippen LogP contribution in [0.15, 0.2) is 83.3 Å². The van der Waals surface area contributed by atoms with Crippen LogP contribution in [-0.4, -0.2) is 27.0 Å². The highest BCUT2D eigenvalue weighted by atomic mass is 32.1. The molecule has 5 aromatic rings. The van der Waals surface area contributed by atoms with E-state index in [0.29, 0.717) is 33.5 Å². The van der Waals surface area contributed by atoms with Crippen LogP contribution in [0.1, 0.15) is 31.3 Å². The average molecular weight is 496 g/mol. The number of nitrogens with one attached hydrogen (secondary N) is 2. The number of aryl methyl sites for hydroxylation is 2. The molecule has 2 N–H and O–H groups in total. The predicted molar refractivity (Wildman–Crippen MR) is 137 cm³/mol. The molecule has 5 rings (SSSR count). The lowest BCUT2D eigenvalue weighted by atomic mass is 10.1. The van der Waals surface area contributed by atoms with E-state index in [0.717, 1.165) is 21.7 Å². The van der Waals surface area contributed by atoms with Gasteiger partial charge in [-0.2, -0.15) is 0 Å². The third-order valence-electron chi connectivity index (χ3n) is 5.43. The number of amides is 2. The molecule has 0 aliphatic carbocycles. The van der Waals surface area contributed by atoms with Gasteiger partial charge in [-0.05, 0) is 50.2 Å². The lowest BCUT2D eigenvalue weighted by molar-refractivity contribution is 0.0848. The number of hydrazine groups is 1. The van der Waals surface area contributed by atoms with Gasteiger partial charge in [-0.1, -0.05) is 48.0 Å². The van der Waals surface area contributed by atoms with Gasteiger partial charge in [0, 0.05) is 22.3 Å². The Morgan fingerprint density at radius 2 is 1.31 bits per heavy atom. The van der Waals surface area contributed by atoms with Gasteiger partial charge in [-0.3, -0.25) is 20.4 Å². The minimum atomic E-state index is -0.453. The number of hydrogen-bond acceptors (Lipinski definition) is 7. The van der Waals surface area contributed by atoms with E-state index in [1.54, 1.807) is 31.2 Å². The van der Waals surface area contributed by atoms with Crippen molar-refractivity contribution in [2.45, 2.75) is 13.8 Å². The molecule has 2 aromatic heterocycles. The van der Waals surface area contributed by atoms with Gasteiger partial charge in [0.1, 0.15) is 9.88 Å². The number of aromatic nitrogens is 3. The number of carbonyl (C=O) groups is 2. The van der Waals surface area contributed by atoms with Gasteiger partial charge in [-0.15, -0.1) is 21.5 Å². The monoisotopic (exact) mass is 495 g/mol. The first kappa shape index (κ1) is 23.1. The summed E-state index contributed by atoms with van der Waals surface area (Å²) < 4.78 is 5.78. The Kier molecular flexibility index (Phi) is 6.38. The Morgan fingerprint density at radius 1 is 0.722 bits per heavy atom. The zero-order valence-electron chi connectivity index (χ0n) is 19.5. The molecule has 36 heavy (non-hydrogen) atoms. The standard InChI is InChI=1S/C27H21N5O3S/c1-16-8-10-19(11-9-16)25-31-32-26(35-25)20-14-12-18(13-15-20)23(33)29-30-24(34)22-17(2)28-27(36-22)21-6-4-3-5-7-21/h3-15H,1-2H3,(H,29,33)(H,30,34). The summed E-state index contributed by atoms with van der Waals surface area (Å²) in [6.07, 6.45) is 0. The van der Waals surface area contributed by atoms with Crippen LogP contribution in [0, 0.1) is 13.8 Å². The fourth-order valence-electron chi connectivity index (χ4n) is 3.47. The summed E-state index contributed by atoms with van der Waals surface area (Å²) in [6, 6.07) is 24.1. The van der Waals surface area contributed by atoms with Gasteiger partial charge >= 0.3 is 0 Å². The van der Waals surface area contributed by atoms with Gasteiger partial charge in [0.25, 0.3) is 11.8 Å². The second-order valence-electron chi connectivity index (χ2n) is 8.06. The summed E-state index contributed by atoms with van der Waals surface area (Å²) in [4.78, 5) is 30.1. The molecule has 0 fully saturated rings. The SMILES string of the molecule is Cc1ccc(-c2nnc(-c3ccc(C(=O)NNC(=O)c4sc(-c5ccccc5)nc4C)cc3)o2)cc1.